The zero-order valence-electron chi connectivity index (χ0n) is 10.5. The summed E-state index contributed by atoms with van der Waals surface area (Å²) in [5.74, 6) is -1.32. The number of rotatable bonds is 2. The fourth-order valence-corrected chi connectivity index (χ4v) is 2.19. The van der Waals surface area contributed by atoms with Crippen molar-refractivity contribution >= 4 is 16.9 Å². The van der Waals surface area contributed by atoms with Crippen LogP contribution in [0.15, 0.2) is 18.2 Å². The summed E-state index contributed by atoms with van der Waals surface area (Å²) in [4.78, 5) is 15.7. The molecule has 0 atom stereocenters. The standard InChI is InChI=1S/C14H14FNO2/c1-7(2)13-8(3)12(14(17)18)10-5-4-9(15)6-11(10)16-13/h4-7H,1-3H3,(H,17,18). The maximum Gasteiger partial charge on any atom is 0.336 e. The van der Waals surface area contributed by atoms with Gasteiger partial charge >= 0.3 is 5.97 Å². The molecule has 0 bridgehead atoms. The van der Waals surface area contributed by atoms with Crippen LogP contribution in [-0.4, -0.2) is 16.1 Å². The zero-order valence-corrected chi connectivity index (χ0v) is 10.5. The second-order valence-corrected chi connectivity index (χ2v) is 4.62. The summed E-state index contributed by atoms with van der Waals surface area (Å²) in [5.41, 5.74) is 1.95. The minimum Gasteiger partial charge on any atom is -0.478 e. The van der Waals surface area contributed by atoms with Gasteiger partial charge in [-0.3, -0.25) is 4.98 Å². The molecule has 1 aromatic heterocycles. The molecular weight excluding hydrogens is 233 g/mol. The molecule has 0 radical (unpaired) electrons. The van der Waals surface area contributed by atoms with Crippen molar-refractivity contribution in [2.75, 3.05) is 0 Å². The predicted octanol–water partition coefficient (Wildman–Crippen LogP) is 3.50. The minimum atomic E-state index is -1.01. The molecule has 0 fully saturated rings. The van der Waals surface area contributed by atoms with Crippen LogP contribution in [0.25, 0.3) is 10.9 Å². The lowest BCUT2D eigenvalue weighted by molar-refractivity contribution is 0.0698. The van der Waals surface area contributed by atoms with Gasteiger partial charge < -0.3 is 5.11 Å². The Kier molecular flexibility index (Phi) is 3.03. The van der Waals surface area contributed by atoms with Gasteiger partial charge in [-0.1, -0.05) is 13.8 Å². The van der Waals surface area contributed by atoms with Crippen LogP contribution in [0.5, 0.6) is 0 Å². The summed E-state index contributed by atoms with van der Waals surface area (Å²) < 4.78 is 13.2. The van der Waals surface area contributed by atoms with E-state index >= 15 is 0 Å². The molecule has 1 N–H and O–H groups in total. The summed E-state index contributed by atoms with van der Waals surface area (Å²) in [5, 5.41) is 9.80. The van der Waals surface area contributed by atoms with Crippen LogP contribution in [0.3, 0.4) is 0 Å². The average molecular weight is 247 g/mol. The highest BCUT2D eigenvalue weighted by molar-refractivity contribution is 6.04. The Morgan fingerprint density at radius 1 is 1.39 bits per heavy atom. The first kappa shape index (κ1) is 12.5. The molecular formula is C14H14FNO2. The summed E-state index contributed by atoms with van der Waals surface area (Å²) >= 11 is 0. The third kappa shape index (κ3) is 1.94. The van der Waals surface area contributed by atoms with Crippen molar-refractivity contribution in [3.05, 3.63) is 40.8 Å². The highest BCUT2D eigenvalue weighted by atomic mass is 19.1. The first-order valence-electron chi connectivity index (χ1n) is 5.75. The molecule has 2 rings (SSSR count). The monoisotopic (exact) mass is 247 g/mol. The van der Waals surface area contributed by atoms with E-state index < -0.39 is 11.8 Å². The van der Waals surface area contributed by atoms with Gasteiger partial charge in [0.2, 0.25) is 0 Å². The Bertz CT molecular complexity index is 635. The van der Waals surface area contributed by atoms with Crippen LogP contribution in [0.1, 0.15) is 41.4 Å². The molecule has 0 aliphatic heterocycles. The zero-order chi connectivity index (χ0) is 13.4. The number of benzene rings is 1. The molecule has 0 saturated carbocycles. The van der Waals surface area contributed by atoms with Crippen LogP contribution in [-0.2, 0) is 0 Å². The van der Waals surface area contributed by atoms with Crippen molar-refractivity contribution < 1.29 is 14.3 Å². The van der Waals surface area contributed by atoms with Crippen LogP contribution >= 0.6 is 0 Å². The molecule has 3 nitrogen and oxygen atoms in total. The average Bonchev–Trinajstić information content (AvgIpc) is 2.27. The van der Waals surface area contributed by atoms with E-state index in [1.165, 1.54) is 18.2 Å². The third-order valence-corrected chi connectivity index (χ3v) is 2.99. The number of pyridine rings is 1. The van der Waals surface area contributed by atoms with E-state index in [1.807, 2.05) is 13.8 Å². The number of nitrogens with zero attached hydrogens (tertiary/aromatic N) is 1. The van der Waals surface area contributed by atoms with Crippen LogP contribution in [0.4, 0.5) is 4.39 Å². The van der Waals surface area contributed by atoms with Crippen molar-refractivity contribution in [1.82, 2.24) is 4.98 Å². The van der Waals surface area contributed by atoms with Crippen LogP contribution < -0.4 is 0 Å². The Balaban J connectivity index is 2.92. The third-order valence-electron chi connectivity index (χ3n) is 2.99. The molecule has 0 aliphatic rings. The van der Waals surface area contributed by atoms with Crippen molar-refractivity contribution in [2.24, 2.45) is 0 Å². The second-order valence-electron chi connectivity index (χ2n) is 4.62. The van der Waals surface area contributed by atoms with Gasteiger partial charge in [0.1, 0.15) is 5.82 Å². The molecule has 18 heavy (non-hydrogen) atoms. The van der Waals surface area contributed by atoms with Gasteiger partial charge in [0.05, 0.1) is 11.1 Å². The molecule has 4 heteroatoms. The largest absolute Gasteiger partial charge is 0.478 e. The number of halogens is 1. The van der Waals surface area contributed by atoms with E-state index in [-0.39, 0.29) is 11.5 Å². The fourth-order valence-electron chi connectivity index (χ4n) is 2.19. The van der Waals surface area contributed by atoms with E-state index in [4.69, 9.17) is 0 Å². The van der Waals surface area contributed by atoms with Gasteiger partial charge in [-0.15, -0.1) is 0 Å². The highest BCUT2D eigenvalue weighted by Gasteiger charge is 2.18. The van der Waals surface area contributed by atoms with E-state index in [0.717, 1.165) is 0 Å². The maximum absolute atomic E-state index is 13.2. The topological polar surface area (TPSA) is 50.2 Å². The molecule has 0 aliphatic carbocycles. The quantitative estimate of drug-likeness (QED) is 0.883. The number of carbonyl (C=O) groups is 1. The molecule has 1 aromatic carbocycles. The van der Waals surface area contributed by atoms with Crippen molar-refractivity contribution in [2.45, 2.75) is 26.7 Å². The summed E-state index contributed by atoms with van der Waals surface area (Å²) in [7, 11) is 0. The number of hydrogen-bond acceptors (Lipinski definition) is 2. The van der Waals surface area contributed by atoms with Gasteiger partial charge in [0.25, 0.3) is 0 Å². The van der Waals surface area contributed by atoms with E-state index in [0.29, 0.717) is 22.2 Å². The lowest BCUT2D eigenvalue weighted by atomic mass is 9.96. The maximum atomic E-state index is 13.2. The normalized spacial score (nSPS) is 11.2. The summed E-state index contributed by atoms with van der Waals surface area (Å²) in [6.45, 7) is 5.62. The molecule has 0 spiro atoms. The summed E-state index contributed by atoms with van der Waals surface area (Å²) in [6.07, 6.45) is 0. The smallest absolute Gasteiger partial charge is 0.336 e. The number of aromatic nitrogens is 1. The van der Waals surface area contributed by atoms with Crippen molar-refractivity contribution in [1.29, 1.82) is 0 Å². The fraction of sp³-hybridized carbons (Fsp3) is 0.286. The van der Waals surface area contributed by atoms with Gasteiger partial charge in [-0.05, 0) is 30.5 Å². The summed E-state index contributed by atoms with van der Waals surface area (Å²) in [6, 6.07) is 4.00. The number of aromatic carboxylic acids is 1. The molecule has 0 unspecified atom stereocenters. The molecule has 0 amide bonds. The number of fused-ring (bicyclic) bond motifs is 1. The minimum absolute atomic E-state index is 0.0933. The Hall–Kier alpha value is -1.97. The first-order chi connectivity index (χ1) is 8.41. The first-order valence-corrected chi connectivity index (χ1v) is 5.75. The number of hydrogen-bond donors (Lipinski definition) is 1. The van der Waals surface area contributed by atoms with E-state index in [1.54, 1.807) is 6.92 Å². The molecule has 94 valence electrons. The molecule has 2 aromatic rings. The predicted molar refractivity (Wildman–Crippen MR) is 67.5 cm³/mol. The Labute approximate surface area is 104 Å². The lowest BCUT2D eigenvalue weighted by Crippen LogP contribution is -2.08. The van der Waals surface area contributed by atoms with Crippen LogP contribution in [0, 0.1) is 12.7 Å². The van der Waals surface area contributed by atoms with E-state index in [9.17, 15) is 14.3 Å². The van der Waals surface area contributed by atoms with Gasteiger partial charge in [-0.2, -0.15) is 0 Å². The van der Waals surface area contributed by atoms with E-state index in [2.05, 4.69) is 4.98 Å². The lowest BCUT2D eigenvalue weighted by Gasteiger charge is -2.14. The SMILES string of the molecule is Cc1c(C(C)C)nc2cc(F)ccc2c1C(=O)O. The number of carboxylic acid groups (broad SMARTS) is 1. The van der Waals surface area contributed by atoms with Gasteiger partial charge in [0, 0.05) is 17.1 Å². The Morgan fingerprint density at radius 2 is 2.06 bits per heavy atom. The van der Waals surface area contributed by atoms with Crippen LogP contribution in [0.2, 0.25) is 0 Å². The van der Waals surface area contributed by atoms with Gasteiger partial charge in [0.15, 0.2) is 0 Å². The van der Waals surface area contributed by atoms with Crippen molar-refractivity contribution in [3.63, 3.8) is 0 Å². The molecule has 1 heterocycles. The number of carboxylic acids is 1. The Morgan fingerprint density at radius 3 is 2.61 bits per heavy atom. The second kappa shape index (κ2) is 4.37. The van der Waals surface area contributed by atoms with Crippen molar-refractivity contribution in [3.8, 4) is 0 Å². The highest BCUT2D eigenvalue weighted by Crippen LogP contribution is 2.27. The van der Waals surface area contributed by atoms with Gasteiger partial charge in [-0.25, -0.2) is 9.18 Å². The molecule has 0 saturated heterocycles.